The number of benzene rings is 1. The molecule has 0 fully saturated rings. The summed E-state index contributed by atoms with van der Waals surface area (Å²) in [5.41, 5.74) is 7.44. The molecule has 0 saturated heterocycles. The van der Waals surface area contributed by atoms with Gasteiger partial charge in [0, 0.05) is 18.3 Å². The van der Waals surface area contributed by atoms with Crippen molar-refractivity contribution in [1.29, 1.82) is 0 Å². The number of nitrogens with one attached hydrogen (secondary N) is 1. The summed E-state index contributed by atoms with van der Waals surface area (Å²) in [5, 5.41) is 3.31. The summed E-state index contributed by atoms with van der Waals surface area (Å²) in [6.07, 6.45) is 2.37. The Morgan fingerprint density at radius 2 is 2.21 bits per heavy atom. The smallest absolute Gasteiger partial charge is 0.143 e. The van der Waals surface area contributed by atoms with Gasteiger partial charge in [0.05, 0.1) is 12.8 Å². The summed E-state index contributed by atoms with van der Waals surface area (Å²) in [7, 11) is 1.63. The highest BCUT2D eigenvalue weighted by molar-refractivity contribution is 5.61. The molecule has 0 aliphatic heterocycles. The molecule has 14 heavy (non-hydrogen) atoms. The minimum absolute atomic E-state index is 0.675. The van der Waals surface area contributed by atoms with Crippen LogP contribution >= 0.6 is 0 Å². The van der Waals surface area contributed by atoms with Crippen LogP contribution in [0.2, 0.25) is 0 Å². The van der Waals surface area contributed by atoms with Crippen molar-refractivity contribution < 1.29 is 4.74 Å². The van der Waals surface area contributed by atoms with Gasteiger partial charge in [0.25, 0.3) is 0 Å². The van der Waals surface area contributed by atoms with E-state index in [0.29, 0.717) is 5.69 Å². The van der Waals surface area contributed by atoms with E-state index in [2.05, 4.69) is 12.2 Å². The van der Waals surface area contributed by atoms with Crippen LogP contribution in [0.3, 0.4) is 0 Å². The van der Waals surface area contributed by atoms with Crippen LogP contribution in [-0.2, 0) is 0 Å². The number of methoxy groups -OCH3 is 1. The number of nitrogens with two attached hydrogens (primary N) is 1. The molecule has 0 heterocycles. The Labute approximate surface area is 85.3 Å². The van der Waals surface area contributed by atoms with Gasteiger partial charge in [0.1, 0.15) is 5.75 Å². The van der Waals surface area contributed by atoms with Crippen molar-refractivity contribution in [3.8, 4) is 5.75 Å². The summed E-state index contributed by atoms with van der Waals surface area (Å²) >= 11 is 0. The van der Waals surface area contributed by atoms with Crippen molar-refractivity contribution in [2.45, 2.75) is 19.8 Å². The van der Waals surface area contributed by atoms with E-state index in [9.17, 15) is 0 Å². The standard InChI is InChI=1S/C11H18N2O/c1-3-4-7-13-9-5-6-10(12)11(8-9)14-2/h5-6,8,13H,3-4,7,12H2,1-2H3. The van der Waals surface area contributed by atoms with Crippen molar-refractivity contribution in [1.82, 2.24) is 0 Å². The highest BCUT2D eigenvalue weighted by Crippen LogP contribution is 2.24. The fourth-order valence-corrected chi connectivity index (χ4v) is 1.23. The first-order valence-electron chi connectivity index (χ1n) is 4.95. The van der Waals surface area contributed by atoms with E-state index >= 15 is 0 Å². The second kappa shape index (κ2) is 5.37. The summed E-state index contributed by atoms with van der Waals surface area (Å²) < 4.78 is 5.13. The Morgan fingerprint density at radius 1 is 1.43 bits per heavy atom. The molecular weight excluding hydrogens is 176 g/mol. The molecule has 0 spiro atoms. The molecule has 0 unspecified atom stereocenters. The third-order valence-corrected chi connectivity index (χ3v) is 2.09. The van der Waals surface area contributed by atoms with Crippen molar-refractivity contribution in [3.05, 3.63) is 18.2 Å². The molecule has 0 aliphatic carbocycles. The normalized spacial score (nSPS) is 9.86. The lowest BCUT2D eigenvalue weighted by Gasteiger charge is -2.09. The van der Waals surface area contributed by atoms with Crippen molar-refractivity contribution in [2.75, 3.05) is 24.7 Å². The topological polar surface area (TPSA) is 47.3 Å². The Morgan fingerprint density at radius 3 is 2.86 bits per heavy atom. The van der Waals surface area contributed by atoms with Gasteiger partial charge in [-0.25, -0.2) is 0 Å². The number of anilines is 2. The molecule has 3 heteroatoms. The minimum Gasteiger partial charge on any atom is -0.495 e. The summed E-state index contributed by atoms with van der Waals surface area (Å²) in [6.45, 7) is 3.16. The van der Waals surface area contributed by atoms with Crippen LogP contribution in [0.5, 0.6) is 5.75 Å². The average Bonchev–Trinajstić information content (AvgIpc) is 2.21. The monoisotopic (exact) mass is 194 g/mol. The van der Waals surface area contributed by atoms with Crippen LogP contribution in [0.1, 0.15) is 19.8 Å². The zero-order valence-corrected chi connectivity index (χ0v) is 8.84. The maximum absolute atomic E-state index is 5.70. The van der Waals surface area contributed by atoms with Gasteiger partial charge >= 0.3 is 0 Å². The van der Waals surface area contributed by atoms with Gasteiger partial charge in [0.15, 0.2) is 0 Å². The molecule has 1 aromatic carbocycles. The Hall–Kier alpha value is -1.38. The molecule has 3 N–H and O–H groups in total. The van der Waals surface area contributed by atoms with Crippen LogP contribution in [0.4, 0.5) is 11.4 Å². The Balaban J connectivity index is 2.60. The van der Waals surface area contributed by atoms with Crippen LogP contribution in [0, 0.1) is 0 Å². The lowest BCUT2D eigenvalue weighted by molar-refractivity contribution is 0.417. The first-order chi connectivity index (χ1) is 6.77. The van der Waals surface area contributed by atoms with E-state index in [1.54, 1.807) is 7.11 Å². The van der Waals surface area contributed by atoms with Gasteiger partial charge < -0.3 is 15.8 Å². The van der Waals surface area contributed by atoms with E-state index in [0.717, 1.165) is 18.0 Å². The first kappa shape index (κ1) is 10.7. The lowest BCUT2D eigenvalue weighted by atomic mass is 10.2. The number of hydrogen-bond donors (Lipinski definition) is 2. The molecule has 0 aliphatic rings. The van der Waals surface area contributed by atoms with Gasteiger partial charge in [-0.2, -0.15) is 0 Å². The zero-order valence-electron chi connectivity index (χ0n) is 8.84. The number of ether oxygens (including phenoxy) is 1. The molecule has 0 radical (unpaired) electrons. The minimum atomic E-state index is 0.675. The first-order valence-corrected chi connectivity index (χ1v) is 4.95. The Bertz CT molecular complexity index is 287. The average molecular weight is 194 g/mol. The molecule has 78 valence electrons. The summed E-state index contributed by atoms with van der Waals surface area (Å²) in [4.78, 5) is 0. The van der Waals surface area contributed by atoms with E-state index in [-0.39, 0.29) is 0 Å². The predicted octanol–water partition coefficient (Wildman–Crippen LogP) is 2.49. The summed E-state index contributed by atoms with van der Waals surface area (Å²) in [5.74, 6) is 0.728. The predicted molar refractivity (Wildman–Crippen MR) is 60.8 cm³/mol. The molecule has 0 amide bonds. The van der Waals surface area contributed by atoms with E-state index in [4.69, 9.17) is 10.5 Å². The number of nitrogen functional groups attached to an aromatic ring is 1. The van der Waals surface area contributed by atoms with Gasteiger partial charge in [-0.15, -0.1) is 0 Å². The van der Waals surface area contributed by atoms with Gasteiger partial charge in [-0.1, -0.05) is 13.3 Å². The quantitative estimate of drug-likeness (QED) is 0.559. The third kappa shape index (κ3) is 2.83. The SMILES string of the molecule is CCCCNc1ccc(N)c(OC)c1. The van der Waals surface area contributed by atoms with Crippen LogP contribution in [0.25, 0.3) is 0 Å². The molecular formula is C11H18N2O. The zero-order chi connectivity index (χ0) is 10.4. The largest absolute Gasteiger partial charge is 0.495 e. The number of unbranched alkanes of at least 4 members (excludes halogenated alkanes) is 1. The second-order valence-electron chi connectivity index (χ2n) is 3.24. The molecule has 0 bridgehead atoms. The second-order valence-corrected chi connectivity index (χ2v) is 3.24. The van der Waals surface area contributed by atoms with Gasteiger partial charge in [0.2, 0.25) is 0 Å². The van der Waals surface area contributed by atoms with Crippen molar-refractivity contribution in [2.24, 2.45) is 0 Å². The number of rotatable bonds is 5. The van der Waals surface area contributed by atoms with Crippen molar-refractivity contribution in [3.63, 3.8) is 0 Å². The fraction of sp³-hybridized carbons (Fsp3) is 0.455. The maximum atomic E-state index is 5.70. The third-order valence-electron chi connectivity index (χ3n) is 2.09. The number of hydrogen-bond acceptors (Lipinski definition) is 3. The van der Waals surface area contributed by atoms with E-state index < -0.39 is 0 Å². The van der Waals surface area contributed by atoms with Crippen LogP contribution in [-0.4, -0.2) is 13.7 Å². The summed E-state index contributed by atoms with van der Waals surface area (Å²) in [6, 6.07) is 5.74. The maximum Gasteiger partial charge on any atom is 0.143 e. The molecule has 0 saturated carbocycles. The molecule has 0 aromatic heterocycles. The molecule has 1 rings (SSSR count). The highest BCUT2D eigenvalue weighted by Gasteiger charge is 1.99. The van der Waals surface area contributed by atoms with E-state index in [1.165, 1.54) is 12.8 Å². The fourth-order valence-electron chi connectivity index (χ4n) is 1.23. The van der Waals surface area contributed by atoms with E-state index in [1.807, 2.05) is 18.2 Å². The Kier molecular flexibility index (Phi) is 4.11. The van der Waals surface area contributed by atoms with Gasteiger partial charge in [-0.3, -0.25) is 0 Å². The van der Waals surface area contributed by atoms with Crippen LogP contribution < -0.4 is 15.8 Å². The lowest BCUT2D eigenvalue weighted by Crippen LogP contribution is -2.01. The van der Waals surface area contributed by atoms with Gasteiger partial charge in [-0.05, 0) is 18.6 Å². The van der Waals surface area contributed by atoms with Crippen LogP contribution in [0.15, 0.2) is 18.2 Å². The van der Waals surface area contributed by atoms with Crippen molar-refractivity contribution >= 4 is 11.4 Å². The molecule has 3 nitrogen and oxygen atoms in total. The molecule has 0 atom stereocenters. The highest BCUT2D eigenvalue weighted by atomic mass is 16.5. The molecule has 1 aromatic rings.